The number of hydrogen-bond donors (Lipinski definition) is 1. The zero-order chi connectivity index (χ0) is 21.0. The highest BCUT2D eigenvalue weighted by molar-refractivity contribution is 6.06. The lowest BCUT2D eigenvalue weighted by Gasteiger charge is -2.33. The van der Waals surface area contributed by atoms with Crippen LogP contribution < -0.4 is 5.32 Å². The maximum absolute atomic E-state index is 12.8. The summed E-state index contributed by atoms with van der Waals surface area (Å²) in [6.45, 7) is 6.89. The Balaban J connectivity index is 1.87. The number of carbonyl (C=O) groups excluding carboxylic acids is 2. The highest BCUT2D eigenvalue weighted by atomic mass is 16.5. The lowest BCUT2D eigenvalue weighted by molar-refractivity contribution is -0.132. The summed E-state index contributed by atoms with van der Waals surface area (Å²) < 4.78 is 5.96. The van der Waals surface area contributed by atoms with E-state index in [4.69, 9.17) is 9.72 Å². The Morgan fingerprint density at radius 2 is 2.07 bits per heavy atom. The van der Waals surface area contributed by atoms with Crippen molar-refractivity contribution in [2.45, 2.75) is 20.0 Å². The number of hydrogen-bond acceptors (Lipinski definition) is 5. The predicted octanol–water partition coefficient (Wildman–Crippen LogP) is 2.08. The molecule has 3 rings (SSSR count). The van der Waals surface area contributed by atoms with Crippen LogP contribution in [0.15, 0.2) is 30.3 Å². The van der Waals surface area contributed by atoms with Crippen molar-refractivity contribution in [3.63, 3.8) is 0 Å². The molecule has 2 amide bonds. The normalized spacial score (nSPS) is 17.5. The lowest BCUT2D eigenvalue weighted by atomic mass is 10.0. The van der Waals surface area contributed by atoms with Crippen molar-refractivity contribution in [2.24, 2.45) is 5.92 Å². The van der Waals surface area contributed by atoms with Gasteiger partial charge in [-0.05, 0) is 18.1 Å². The van der Waals surface area contributed by atoms with Gasteiger partial charge in [0.15, 0.2) is 0 Å². The van der Waals surface area contributed by atoms with E-state index in [2.05, 4.69) is 24.1 Å². The highest BCUT2D eigenvalue weighted by Crippen LogP contribution is 2.26. The van der Waals surface area contributed by atoms with Crippen LogP contribution in [0.5, 0.6) is 0 Å². The minimum absolute atomic E-state index is 0.0610. The molecule has 1 fully saturated rings. The number of carbonyl (C=O) groups is 2. The Labute approximate surface area is 172 Å². The highest BCUT2D eigenvalue weighted by Gasteiger charge is 2.26. The molecule has 1 atom stereocenters. The van der Waals surface area contributed by atoms with E-state index in [9.17, 15) is 9.59 Å². The molecule has 0 spiro atoms. The minimum atomic E-state index is -0.278. The van der Waals surface area contributed by atoms with Gasteiger partial charge in [-0.2, -0.15) is 0 Å². The molecule has 1 N–H and O–H groups in total. The molecule has 0 radical (unpaired) electrons. The van der Waals surface area contributed by atoms with E-state index in [1.54, 1.807) is 19.0 Å². The number of nitrogens with one attached hydrogen (secondary N) is 1. The van der Waals surface area contributed by atoms with Crippen molar-refractivity contribution in [3.05, 3.63) is 41.6 Å². The van der Waals surface area contributed by atoms with Crippen molar-refractivity contribution in [1.29, 1.82) is 0 Å². The van der Waals surface area contributed by atoms with Crippen molar-refractivity contribution in [3.8, 4) is 0 Å². The Morgan fingerprint density at radius 1 is 1.31 bits per heavy atom. The first-order valence-electron chi connectivity index (χ1n) is 10.1. The summed E-state index contributed by atoms with van der Waals surface area (Å²) in [5.41, 5.74) is 2.10. The van der Waals surface area contributed by atoms with Crippen LogP contribution >= 0.6 is 0 Å². The number of likely N-dealkylation sites (N-methyl/N-ethyl adjacent to an activating group) is 1. The van der Waals surface area contributed by atoms with Gasteiger partial charge in [0.2, 0.25) is 5.91 Å². The lowest BCUT2D eigenvalue weighted by Crippen LogP contribution is -2.44. The molecule has 1 aliphatic heterocycles. The van der Waals surface area contributed by atoms with Gasteiger partial charge < -0.3 is 15.0 Å². The van der Waals surface area contributed by atoms with Gasteiger partial charge in [-0.1, -0.05) is 32.0 Å². The van der Waals surface area contributed by atoms with E-state index < -0.39 is 0 Å². The standard InChI is InChI=1S/C22H30N4O3/c1-15(2)12-23-22(28)17-11-19(24-18-8-6-5-7-16(17)18)20-13-26(9-10-29-20)14-21(27)25(3)4/h5-8,11,15,20H,9-10,12-14H2,1-4H3,(H,23,28). The number of benzene rings is 1. The van der Waals surface area contributed by atoms with E-state index in [1.165, 1.54) is 0 Å². The summed E-state index contributed by atoms with van der Waals surface area (Å²) in [6, 6.07) is 9.49. The van der Waals surface area contributed by atoms with Crippen LogP contribution in [-0.2, 0) is 9.53 Å². The molecule has 1 saturated heterocycles. The van der Waals surface area contributed by atoms with Crippen LogP contribution in [0.1, 0.15) is 36.0 Å². The second-order valence-corrected chi connectivity index (χ2v) is 8.10. The van der Waals surface area contributed by atoms with E-state index in [0.717, 1.165) is 16.6 Å². The largest absolute Gasteiger partial charge is 0.369 e. The second-order valence-electron chi connectivity index (χ2n) is 8.10. The van der Waals surface area contributed by atoms with Gasteiger partial charge in [0.05, 0.1) is 29.9 Å². The van der Waals surface area contributed by atoms with Gasteiger partial charge in [0.25, 0.3) is 5.91 Å². The topological polar surface area (TPSA) is 74.8 Å². The number of para-hydroxylation sites is 1. The Morgan fingerprint density at radius 3 is 2.79 bits per heavy atom. The van der Waals surface area contributed by atoms with Crippen molar-refractivity contribution in [2.75, 3.05) is 46.9 Å². The Bertz CT molecular complexity index is 881. The van der Waals surface area contributed by atoms with Crippen LogP contribution in [0.25, 0.3) is 10.9 Å². The molecule has 156 valence electrons. The van der Waals surface area contributed by atoms with Crippen LogP contribution in [0, 0.1) is 5.92 Å². The van der Waals surface area contributed by atoms with Crippen molar-refractivity contribution >= 4 is 22.7 Å². The first-order valence-corrected chi connectivity index (χ1v) is 10.1. The monoisotopic (exact) mass is 398 g/mol. The zero-order valence-corrected chi connectivity index (χ0v) is 17.6. The number of rotatable bonds is 6. The maximum Gasteiger partial charge on any atom is 0.252 e. The fourth-order valence-electron chi connectivity index (χ4n) is 3.30. The third-order valence-corrected chi connectivity index (χ3v) is 4.99. The molecule has 1 unspecified atom stereocenters. The van der Waals surface area contributed by atoms with E-state index >= 15 is 0 Å². The van der Waals surface area contributed by atoms with Gasteiger partial charge in [-0.15, -0.1) is 0 Å². The molecule has 0 aliphatic carbocycles. The summed E-state index contributed by atoms with van der Waals surface area (Å²) in [7, 11) is 3.51. The molecule has 1 aromatic heterocycles. The number of aromatic nitrogens is 1. The SMILES string of the molecule is CC(C)CNC(=O)c1cc(C2CN(CC(=O)N(C)C)CCO2)nc2ccccc12. The molecule has 7 nitrogen and oxygen atoms in total. The number of morpholine rings is 1. The molecule has 7 heteroatoms. The molecular formula is C22H30N4O3. The van der Waals surface area contributed by atoms with Crippen LogP contribution in [-0.4, -0.2) is 73.5 Å². The molecule has 2 aromatic rings. The summed E-state index contributed by atoms with van der Waals surface area (Å²) in [5, 5.41) is 3.83. The minimum Gasteiger partial charge on any atom is -0.369 e. The predicted molar refractivity (Wildman–Crippen MR) is 113 cm³/mol. The summed E-state index contributed by atoms with van der Waals surface area (Å²) in [6.07, 6.45) is -0.278. The quantitative estimate of drug-likeness (QED) is 0.806. The van der Waals surface area contributed by atoms with Gasteiger partial charge in [0.1, 0.15) is 6.10 Å². The fraction of sp³-hybridized carbons (Fsp3) is 0.500. The fourth-order valence-corrected chi connectivity index (χ4v) is 3.30. The first-order chi connectivity index (χ1) is 13.8. The first kappa shape index (κ1) is 21.2. The van der Waals surface area contributed by atoms with Gasteiger partial charge in [-0.3, -0.25) is 14.5 Å². The third-order valence-electron chi connectivity index (χ3n) is 4.99. The average molecular weight is 399 g/mol. The molecule has 29 heavy (non-hydrogen) atoms. The van der Waals surface area contributed by atoms with Crippen LogP contribution in [0.4, 0.5) is 0 Å². The molecule has 0 saturated carbocycles. The maximum atomic E-state index is 12.8. The molecular weight excluding hydrogens is 368 g/mol. The van der Waals surface area contributed by atoms with E-state index in [1.807, 2.05) is 30.3 Å². The van der Waals surface area contributed by atoms with Crippen molar-refractivity contribution < 1.29 is 14.3 Å². The molecule has 2 heterocycles. The van der Waals surface area contributed by atoms with Crippen LogP contribution in [0.3, 0.4) is 0 Å². The van der Waals surface area contributed by atoms with E-state index in [0.29, 0.717) is 44.3 Å². The second kappa shape index (κ2) is 9.33. The molecule has 1 aromatic carbocycles. The van der Waals surface area contributed by atoms with Gasteiger partial charge >= 0.3 is 0 Å². The van der Waals surface area contributed by atoms with Crippen LogP contribution in [0.2, 0.25) is 0 Å². The van der Waals surface area contributed by atoms with Crippen molar-refractivity contribution in [1.82, 2.24) is 20.1 Å². The number of fused-ring (bicyclic) bond motifs is 1. The van der Waals surface area contributed by atoms with Gasteiger partial charge in [-0.25, -0.2) is 4.98 Å². The average Bonchev–Trinajstić information content (AvgIpc) is 2.71. The number of nitrogens with zero attached hydrogens (tertiary/aromatic N) is 3. The van der Waals surface area contributed by atoms with Gasteiger partial charge in [0, 0.05) is 39.1 Å². The third kappa shape index (κ3) is 5.31. The summed E-state index contributed by atoms with van der Waals surface area (Å²) >= 11 is 0. The van der Waals surface area contributed by atoms with E-state index in [-0.39, 0.29) is 17.9 Å². The molecule has 0 bridgehead atoms. The Kier molecular flexibility index (Phi) is 6.82. The number of ether oxygens (including phenoxy) is 1. The summed E-state index contributed by atoms with van der Waals surface area (Å²) in [4.78, 5) is 33.3. The Hall–Kier alpha value is -2.51. The smallest absolute Gasteiger partial charge is 0.252 e. The zero-order valence-electron chi connectivity index (χ0n) is 17.6. The summed E-state index contributed by atoms with van der Waals surface area (Å²) in [5.74, 6) is 0.330. The number of amides is 2. The molecule has 1 aliphatic rings. The number of pyridine rings is 1.